The first kappa shape index (κ1) is 16.1. The van der Waals surface area contributed by atoms with Crippen molar-refractivity contribution in [3.63, 3.8) is 0 Å². The highest BCUT2D eigenvalue weighted by Crippen LogP contribution is 2.71. The van der Waals surface area contributed by atoms with E-state index in [1.807, 2.05) is 6.08 Å². The van der Waals surface area contributed by atoms with Crippen LogP contribution in [0.4, 0.5) is 0 Å². The lowest BCUT2D eigenvalue weighted by Gasteiger charge is -2.63. The van der Waals surface area contributed by atoms with Crippen LogP contribution in [0, 0.1) is 40.4 Å². The van der Waals surface area contributed by atoms with Gasteiger partial charge in [-0.1, -0.05) is 24.3 Å². The summed E-state index contributed by atoms with van der Waals surface area (Å²) < 4.78 is 6.09. The molecular formula is C22H28O3. The summed E-state index contributed by atoms with van der Waals surface area (Å²) in [4.78, 5) is 11.9. The Morgan fingerprint density at radius 2 is 2.04 bits per heavy atom. The van der Waals surface area contributed by atoms with E-state index in [9.17, 15) is 4.79 Å². The third-order valence-electron chi connectivity index (χ3n) is 8.73. The maximum Gasteiger partial charge on any atom is 0.155 e. The van der Waals surface area contributed by atoms with E-state index in [2.05, 4.69) is 18.8 Å². The molecule has 1 N–H and O–H groups in total. The average molecular weight is 340 g/mol. The van der Waals surface area contributed by atoms with E-state index in [-0.39, 0.29) is 23.0 Å². The molecule has 0 aromatic heterocycles. The summed E-state index contributed by atoms with van der Waals surface area (Å²) in [5, 5.41) is 9.15. The molecule has 1 heterocycles. The summed E-state index contributed by atoms with van der Waals surface area (Å²) >= 11 is 0. The van der Waals surface area contributed by atoms with E-state index in [4.69, 9.17) is 9.84 Å². The maximum atomic E-state index is 11.9. The molecule has 5 aliphatic rings. The van der Waals surface area contributed by atoms with Gasteiger partial charge in [0.05, 0.1) is 6.61 Å². The van der Waals surface area contributed by atoms with Crippen LogP contribution in [0.1, 0.15) is 58.3 Å². The van der Waals surface area contributed by atoms with Gasteiger partial charge >= 0.3 is 0 Å². The lowest BCUT2D eigenvalue weighted by molar-refractivity contribution is -0.259. The molecule has 134 valence electrons. The molecule has 5 rings (SSSR count). The highest BCUT2D eigenvalue weighted by atomic mass is 16.5. The van der Waals surface area contributed by atoms with E-state index in [1.54, 1.807) is 0 Å². The number of aliphatic hydroxyl groups excluding tert-OH is 1. The van der Waals surface area contributed by atoms with E-state index in [0.717, 1.165) is 44.1 Å². The highest BCUT2D eigenvalue weighted by Gasteiger charge is 2.71. The Morgan fingerprint density at radius 3 is 2.80 bits per heavy atom. The number of rotatable bonds is 0. The monoisotopic (exact) mass is 340 g/mol. The van der Waals surface area contributed by atoms with Crippen LogP contribution in [0.5, 0.6) is 0 Å². The largest absolute Gasteiger partial charge is 0.384 e. The number of aliphatic hydroxyl groups is 1. The van der Waals surface area contributed by atoms with Crippen molar-refractivity contribution in [2.24, 2.45) is 28.6 Å². The van der Waals surface area contributed by atoms with Crippen molar-refractivity contribution in [2.75, 3.05) is 13.2 Å². The quantitative estimate of drug-likeness (QED) is 0.689. The molecule has 1 spiro atoms. The molecule has 0 amide bonds. The molecule has 25 heavy (non-hydrogen) atoms. The van der Waals surface area contributed by atoms with E-state index >= 15 is 0 Å². The fraction of sp³-hybridized carbons (Fsp3) is 0.773. The fourth-order valence-corrected chi connectivity index (χ4v) is 7.46. The van der Waals surface area contributed by atoms with Crippen LogP contribution in [0.15, 0.2) is 11.6 Å². The minimum absolute atomic E-state index is 0.0713. The molecule has 0 radical (unpaired) electrons. The number of fused-ring (bicyclic) bond motifs is 4. The normalized spacial score (nSPS) is 50.2. The van der Waals surface area contributed by atoms with Gasteiger partial charge in [-0.3, -0.25) is 4.79 Å². The first-order valence-corrected chi connectivity index (χ1v) is 10.0. The summed E-state index contributed by atoms with van der Waals surface area (Å²) in [5.41, 5.74) is 1.64. The summed E-state index contributed by atoms with van der Waals surface area (Å²) in [5.74, 6) is 8.75. The van der Waals surface area contributed by atoms with Crippen molar-refractivity contribution in [3.8, 4) is 11.8 Å². The third kappa shape index (κ3) is 1.88. The molecular weight excluding hydrogens is 312 g/mol. The van der Waals surface area contributed by atoms with Gasteiger partial charge in [0.2, 0.25) is 0 Å². The Labute approximate surface area is 150 Å². The molecule has 0 aromatic rings. The molecule has 3 heteroatoms. The topological polar surface area (TPSA) is 46.5 Å². The summed E-state index contributed by atoms with van der Waals surface area (Å²) in [6, 6.07) is 0. The molecule has 0 aromatic carbocycles. The molecule has 3 nitrogen and oxygen atoms in total. The zero-order chi connectivity index (χ0) is 17.3. The van der Waals surface area contributed by atoms with Gasteiger partial charge in [0, 0.05) is 11.8 Å². The Morgan fingerprint density at radius 1 is 1.20 bits per heavy atom. The van der Waals surface area contributed by atoms with Gasteiger partial charge in [-0.25, -0.2) is 0 Å². The number of allylic oxidation sites excluding steroid dienone is 1. The number of hydrogen-bond acceptors (Lipinski definition) is 3. The van der Waals surface area contributed by atoms with Crippen LogP contribution in [0.3, 0.4) is 0 Å². The standard InChI is InChI=1S/C22H28O3/c1-20-9-5-16(24)13-15(20)3-4-17-18(20)6-10-21-14-25-22(21,8-2-12-23)11-7-19(17)21/h13,17-19,23H,3-7,9-12,14H2,1H3/t17?,18?,19?,20-,21+,22-/m0/s1. The Bertz CT molecular complexity index is 713. The van der Waals surface area contributed by atoms with Crippen LogP contribution in [-0.4, -0.2) is 29.7 Å². The van der Waals surface area contributed by atoms with Gasteiger partial charge in [-0.15, -0.1) is 0 Å². The molecule has 3 unspecified atom stereocenters. The molecule has 1 aliphatic heterocycles. The number of carbonyl (C=O) groups excluding carboxylic acids is 1. The minimum Gasteiger partial charge on any atom is -0.384 e. The van der Waals surface area contributed by atoms with Crippen LogP contribution >= 0.6 is 0 Å². The van der Waals surface area contributed by atoms with Crippen molar-refractivity contribution in [2.45, 2.75) is 63.9 Å². The SMILES string of the molecule is C[C@]12CCC(=O)C=C1CCC1C3CC[C@]4(C#CCO)OC[C@]34CCC12. The highest BCUT2D eigenvalue weighted by molar-refractivity contribution is 5.91. The molecule has 4 aliphatic carbocycles. The lowest BCUT2D eigenvalue weighted by Crippen LogP contribution is -2.65. The second-order valence-electron chi connectivity index (χ2n) is 9.28. The van der Waals surface area contributed by atoms with Crippen LogP contribution < -0.4 is 0 Å². The number of ether oxygens (including phenoxy) is 1. The first-order chi connectivity index (χ1) is 12.0. The van der Waals surface area contributed by atoms with Gasteiger partial charge < -0.3 is 9.84 Å². The first-order valence-electron chi connectivity index (χ1n) is 10.0. The van der Waals surface area contributed by atoms with Gasteiger partial charge in [0.15, 0.2) is 5.78 Å². The zero-order valence-corrected chi connectivity index (χ0v) is 15.1. The second-order valence-corrected chi connectivity index (χ2v) is 9.28. The molecule has 3 saturated carbocycles. The van der Waals surface area contributed by atoms with Crippen molar-refractivity contribution < 1.29 is 14.6 Å². The van der Waals surface area contributed by atoms with Gasteiger partial charge in [0.1, 0.15) is 12.2 Å². The third-order valence-corrected chi connectivity index (χ3v) is 8.73. The number of carbonyl (C=O) groups is 1. The molecule has 1 saturated heterocycles. The second kappa shape index (κ2) is 5.21. The smallest absolute Gasteiger partial charge is 0.155 e. The van der Waals surface area contributed by atoms with E-state index < -0.39 is 0 Å². The van der Waals surface area contributed by atoms with Crippen molar-refractivity contribution in [1.29, 1.82) is 0 Å². The summed E-state index contributed by atoms with van der Waals surface area (Å²) in [6.07, 6.45) is 10.8. The zero-order valence-electron chi connectivity index (χ0n) is 15.1. The minimum atomic E-state index is -0.273. The van der Waals surface area contributed by atoms with Gasteiger partial charge in [-0.05, 0) is 74.2 Å². The van der Waals surface area contributed by atoms with Crippen LogP contribution in [0.25, 0.3) is 0 Å². The van der Waals surface area contributed by atoms with Crippen LogP contribution in [-0.2, 0) is 9.53 Å². The average Bonchev–Trinajstić information content (AvgIpc) is 2.82. The van der Waals surface area contributed by atoms with Crippen molar-refractivity contribution in [3.05, 3.63) is 11.6 Å². The number of hydrogen-bond donors (Lipinski definition) is 1. The summed E-state index contributed by atoms with van der Waals surface area (Å²) in [6.45, 7) is 3.22. The Balaban J connectivity index is 1.49. The predicted molar refractivity (Wildman–Crippen MR) is 94.6 cm³/mol. The van der Waals surface area contributed by atoms with Crippen LogP contribution in [0.2, 0.25) is 0 Å². The predicted octanol–water partition coefficient (Wildman–Crippen LogP) is 3.26. The molecule has 6 atom stereocenters. The van der Waals surface area contributed by atoms with Crippen molar-refractivity contribution in [1.82, 2.24) is 0 Å². The van der Waals surface area contributed by atoms with Gasteiger partial charge in [-0.2, -0.15) is 0 Å². The Hall–Kier alpha value is -1.11. The van der Waals surface area contributed by atoms with Gasteiger partial charge in [0.25, 0.3) is 0 Å². The van der Waals surface area contributed by atoms with Crippen molar-refractivity contribution >= 4 is 5.78 Å². The number of ketones is 1. The van der Waals surface area contributed by atoms with E-state index in [1.165, 1.54) is 31.3 Å². The molecule has 4 fully saturated rings. The molecule has 0 bridgehead atoms. The lowest BCUT2D eigenvalue weighted by atomic mass is 9.45. The Kier molecular flexibility index (Phi) is 3.35. The fourth-order valence-electron chi connectivity index (χ4n) is 7.46. The summed E-state index contributed by atoms with van der Waals surface area (Å²) in [7, 11) is 0. The van der Waals surface area contributed by atoms with E-state index in [0.29, 0.717) is 11.7 Å². The maximum absolute atomic E-state index is 11.9.